The van der Waals surface area contributed by atoms with Gasteiger partial charge < -0.3 is 9.80 Å². The molecule has 112 valence electrons. The Kier molecular flexibility index (Phi) is 3.66. The average molecular weight is 290 g/mol. The van der Waals surface area contributed by atoms with Gasteiger partial charge in [0, 0.05) is 18.7 Å². The fourth-order valence-corrected chi connectivity index (χ4v) is 3.23. The van der Waals surface area contributed by atoms with Crippen LogP contribution in [-0.4, -0.2) is 40.2 Å². The van der Waals surface area contributed by atoms with Crippen LogP contribution < -0.4 is 0 Å². The highest BCUT2D eigenvalue weighted by Crippen LogP contribution is 2.27. The van der Waals surface area contributed by atoms with Gasteiger partial charge in [-0.2, -0.15) is 0 Å². The van der Waals surface area contributed by atoms with Gasteiger partial charge >= 0.3 is 0 Å². The van der Waals surface area contributed by atoms with Gasteiger partial charge in [0.05, 0.1) is 0 Å². The maximum absolute atomic E-state index is 13.8. The third kappa shape index (κ3) is 2.41. The molecule has 2 fully saturated rings. The van der Waals surface area contributed by atoms with Crippen molar-refractivity contribution in [3.63, 3.8) is 0 Å². The minimum absolute atomic E-state index is 0.0179. The highest BCUT2D eigenvalue weighted by atomic mass is 19.1. The number of benzene rings is 1. The van der Waals surface area contributed by atoms with Gasteiger partial charge in [0.2, 0.25) is 11.8 Å². The number of piperazine rings is 1. The second-order valence-electron chi connectivity index (χ2n) is 5.78. The normalized spacial score (nSPS) is 26.0. The van der Waals surface area contributed by atoms with E-state index in [9.17, 15) is 14.0 Å². The third-order valence-corrected chi connectivity index (χ3v) is 4.48. The minimum Gasteiger partial charge on any atom is -0.329 e. The Morgan fingerprint density at radius 1 is 1.19 bits per heavy atom. The Morgan fingerprint density at radius 3 is 2.71 bits per heavy atom. The van der Waals surface area contributed by atoms with E-state index in [0.29, 0.717) is 18.5 Å². The number of nitrogens with zero attached hydrogens (tertiary/aromatic N) is 2. The zero-order chi connectivity index (χ0) is 15.0. The summed E-state index contributed by atoms with van der Waals surface area (Å²) in [5.41, 5.74) is 0.453. The van der Waals surface area contributed by atoms with E-state index in [1.165, 1.54) is 11.0 Å². The molecule has 1 aromatic rings. The number of carbonyl (C=O) groups is 2. The number of rotatable bonds is 2. The molecular formula is C16H19FN2O2. The fraction of sp³-hybridized carbons (Fsp3) is 0.500. The van der Waals surface area contributed by atoms with Gasteiger partial charge in [0.1, 0.15) is 17.9 Å². The van der Waals surface area contributed by atoms with E-state index in [-0.39, 0.29) is 30.2 Å². The largest absolute Gasteiger partial charge is 0.329 e. The smallest absolute Gasteiger partial charge is 0.246 e. The molecule has 5 heteroatoms. The Labute approximate surface area is 123 Å². The summed E-state index contributed by atoms with van der Waals surface area (Å²) in [4.78, 5) is 28.3. The van der Waals surface area contributed by atoms with Crippen LogP contribution in [0.3, 0.4) is 0 Å². The van der Waals surface area contributed by atoms with Crippen molar-refractivity contribution in [1.29, 1.82) is 0 Å². The molecule has 1 aromatic carbocycles. The van der Waals surface area contributed by atoms with E-state index in [2.05, 4.69) is 0 Å². The molecule has 2 saturated heterocycles. The summed E-state index contributed by atoms with van der Waals surface area (Å²) in [5.74, 6) is -0.406. The zero-order valence-corrected chi connectivity index (χ0v) is 12.1. The van der Waals surface area contributed by atoms with Crippen LogP contribution in [0.5, 0.6) is 0 Å². The molecule has 3 rings (SSSR count). The molecule has 2 unspecified atom stereocenters. The van der Waals surface area contributed by atoms with Crippen LogP contribution in [0.2, 0.25) is 0 Å². The van der Waals surface area contributed by atoms with Gasteiger partial charge in [-0.1, -0.05) is 18.2 Å². The average Bonchev–Trinajstić information content (AvgIpc) is 2.51. The lowest BCUT2D eigenvalue weighted by Crippen LogP contribution is -2.64. The summed E-state index contributed by atoms with van der Waals surface area (Å²) in [6, 6.07) is 5.53. The van der Waals surface area contributed by atoms with Crippen molar-refractivity contribution >= 4 is 11.8 Å². The summed E-state index contributed by atoms with van der Waals surface area (Å²) < 4.78 is 13.8. The predicted octanol–water partition coefficient (Wildman–Crippen LogP) is 1.94. The Morgan fingerprint density at radius 2 is 1.95 bits per heavy atom. The van der Waals surface area contributed by atoms with Crippen molar-refractivity contribution in [2.24, 2.45) is 0 Å². The van der Waals surface area contributed by atoms with E-state index in [1.54, 1.807) is 30.0 Å². The molecule has 4 nitrogen and oxygen atoms in total. The molecule has 2 atom stereocenters. The number of carbonyl (C=O) groups excluding carboxylic acids is 2. The predicted molar refractivity (Wildman–Crippen MR) is 75.8 cm³/mol. The van der Waals surface area contributed by atoms with Gasteiger partial charge in [0.25, 0.3) is 0 Å². The molecule has 2 aliphatic heterocycles. The molecule has 0 spiro atoms. The lowest BCUT2D eigenvalue weighted by molar-refractivity contribution is -0.163. The van der Waals surface area contributed by atoms with Crippen molar-refractivity contribution in [1.82, 2.24) is 9.80 Å². The van der Waals surface area contributed by atoms with E-state index in [1.807, 2.05) is 0 Å². The molecule has 21 heavy (non-hydrogen) atoms. The Hall–Kier alpha value is -1.91. The zero-order valence-electron chi connectivity index (χ0n) is 12.1. The quantitative estimate of drug-likeness (QED) is 0.835. The molecule has 0 aromatic heterocycles. The highest BCUT2D eigenvalue weighted by Gasteiger charge is 2.44. The lowest BCUT2D eigenvalue weighted by atomic mass is 9.95. The first-order chi connectivity index (χ1) is 10.1. The molecule has 0 saturated carbocycles. The summed E-state index contributed by atoms with van der Waals surface area (Å²) in [6.45, 7) is 2.54. The Bertz CT molecular complexity index is 575. The van der Waals surface area contributed by atoms with Gasteiger partial charge in [-0.05, 0) is 32.3 Å². The topological polar surface area (TPSA) is 40.6 Å². The summed E-state index contributed by atoms with van der Waals surface area (Å²) >= 11 is 0. The van der Waals surface area contributed by atoms with Gasteiger partial charge in [0.15, 0.2) is 0 Å². The monoisotopic (exact) mass is 290 g/mol. The van der Waals surface area contributed by atoms with Crippen molar-refractivity contribution < 1.29 is 14.0 Å². The maximum Gasteiger partial charge on any atom is 0.246 e. The van der Waals surface area contributed by atoms with Crippen LogP contribution in [0, 0.1) is 5.82 Å². The first kappa shape index (κ1) is 14.0. The number of piperidine rings is 1. The number of hydrogen-bond acceptors (Lipinski definition) is 2. The van der Waals surface area contributed by atoms with Crippen molar-refractivity contribution in [2.45, 2.75) is 44.8 Å². The fourth-order valence-electron chi connectivity index (χ4n) is 3.23. The van der Waals surface area contributed by atoms with E-state index in [4.69, 9.17) is 0 Å². The van der Waals surface area contributed by atoms with Crippen molar-refractivity contribution in [3.05, 3.63) is 35.6 Å². The number of hydrogen-bond donors (Lipinski definition) is 0. The number of halogens is 1. The standard InChI is InChI=1S/C16H19FN2O2/c1-11-15(20)18-9-5-4-8-14(18)16(21)19(11)10-12-6-2-3-7-13(12)17/h2-3,6-7,11,14H,4-5,8-10H2,1H3. The molecule has 2 amide bonds. The summed E-state index contributed by atoms with van der Waals surface area (Å²) in [6.07, 6.45) is 2.63. The number of amides is 2. The van der Waals surface area contributed by atoms with Crippen LogP contribution in [0.25, 0.3) is 0 Å². The minimum atomic E-state index is -0.522. The summed E-state index contributed by atoms with van der Waals surface area (Å²) in [7, 11) is 0. The van der Waals surface area contributed by atoms with Gasteiger partial charge in [-0.25, -0.2) is 4.39 Å². The van der Waals surface area contributed by atoms with Gasteiger partial charge in [-0.3, -0.25) is 9.59 Å². The third-order valence-electron chi connectivity index (χ3n) is 4.48. The molecular weight excluding hydrogens is 271 g/mol. The maximum atomic E-state index is 13.8. The molecule has 2 heterocycles. The Balaban J connectivity index is 1.86. The molecule has 0 N–H and O–H groups in total. The van der Waals surface area contributed by atoms with Crippen LogP contribution in [-0.2, 0) is 16.1 Å². The molecule has 0 bridgehead atoms. The van der Waals surface area contributed by atoms with Gasteiger partial charge in [-0.15, -0.1) is 0 Å². The van der Waals surface area contributed by atoms with E-state index < -0.39 is 6.04 Å². The van der Waals surface area contributed by atoms with Crippen molar-refractivity contribution in [2.75, 3.05) is 6.54 Å². The van der Waals surface area contributed by atoms with E-state index >= 15 is 0 Å². The van der Waals surface area contributed by atoms with Crippen LogP contribution in [0.1, 0.15) is 31.7 Å². The first-order valence-electron chi connectivity index (χ1n) is 7.44. The summed E-state index contributed by atoms with van der Waals surface area (Å²) in [5, 5.41) is 0. The second kappa shape index (κ2) is 5.47. The second-order valence-corrected chi connectivity index (χ2v) is 5.78. The molecule has 0 aliphatic carbocycles. The SMILES string of the molecule is CC1C(=O)N2CCCCC2C(=O)N1Cc1ccccc1F. The van der Waals surface area contributed by atoms with Crippen LogP contribution >= 0.6 is 0 Å². The van der Waals surface area contributed by atoms with E-state index in [0.717, 1.165) is 12.8 Å². The molecule has 2 aliphatic rings. The van der Waals surface area contributed by atoms with Crippen LogP contribution in [0.15, 0.2) is 24.3 Å². The number of fused-ring (bicyclic) bond motifs is 1. The first-order valence-corrected chi connectivity index (χ1v) is 7.44. The lowest BCUT2D eigenvalue weighted by Gasteiger charge is -2.46. The molecule has 0 radical (unpaired) electrons. The van der Waals surface area contributed by atoms with Crippen molar-refractivity contribution in [3.8, 4) is 0 Å². The highest BCUT2D eigenvalue weighted by molar-refractivity contribution is 5.96. The van der Waals surface area contributed by atoms with Crippen LogP contribution in [0.4, 0.5) is 4.39 Å².